The number of aliphatic hydroxyl groups is 1. The molecule has 0 aromatic carbocycles. The van der Waals surface area contributed by atoms with Gasteiger partial charge in [0.25, 0.3) is 0 Å². The second-order valence-electron chi connectivity index (χ2n) is 6.00. The fraction of sp³-hybridized carbons (Fsp3) is 0.737. The summed E-state index contributed by atoms with van der Waals surface area (Å²) in [6.45, 7) is 12.6. The van der Waals surface area contributed by atoms with Crippen LogP contribution < -0.4 is 5.73 Å². The molecule has 8 heteroatoms. The molecule has 0 saturated carbocycles. The van der Waals surface area contributed by atoms with Gasteiger partial charge in [0, 0.05) is 6.42 Å². The number of carboxylic acids is 1. The zero-order chi connectivity index (χ0) is 22.2. The second kappa shape index (κ2) is 17.3. The van der Waals surface area contributed by atoms with Crippen molar-refractivity contribution in [3.63, 3.8) is 0 Å². The van der Waals surface area contributed by atoms with E-state index in [4.69, 9.17) is 20.3 Å². The maximum absolute atomic E-state index is 11.3. The Morgan fingerprint density at radius 2 is 1.67 bits per heavy atom. The highest BCUT2D eigenvalue weighted by molar-refractivity contribution is 5.77. The lowest BCUT2D eigenvalue weighted by atomic mass is 10.2. The summed E-state index contributed by atoms with van der Waals surface area (Å²) in [6, 6.07) is 0. The number of esters is 1. The number of nitrogens with zero attached hydrogens (tertiary/aromatic N) is 1. The standard InChI is InChI=1S/C11H20N2O4.C4H8O2.C2H6.C2H2/c1-6(2)11(15)16-5-8-4-9(14)10(17-8)13-7(3)12;1-3(2)4(5)6;2*1-2/h6,8-10,14H,4-5H2,1-3H3,(H2,12,13);3H,1-2H3,(H,5,6);1-2H3;1-2H. The SMILES string of the molecule is C#C.C/C(N)=N/C1OC(COC(=O)C(C)C)CC1O.CC.CC(C)C(=O)O. The van der Waals surface area contributed by atoms with Crippen molar-refractivity contribution in [2.45, 2.75) is 73.3 Å². The number of carboxylic acid groups (broad SMARTS) is 1. The summed E-state index contributed by atoms with van der Waals surface area (Å²) in [4.78, 5) is 24.9. The smallest absolute Gasteiger partial charge is 0.308 e. The molecule has 0 aromatic heterocycles. The molecule has 1 fully saturated rings. The zero-order valence-corrected chi connectivity index (χ0v) is 17.5. The molecule has 27 heavy (non-hydrogen) atoms. The average Bonchev–Trinajstić information content (AvgIpc) is 2.95. The number of carbonyl (C=O) groups excluding carboxylic acids is 1. The van der Waals surface area contributed by atoms with Crippen LogP contribution in [-0.4, -0.2) is 53.0 Å². The number of hydrogen-bond donors (Lipinski definition) is 3. The van der Waals surface area contributed by atoms with Gasteiger partial charge >= 0.3 is 11.9 Å². The number of rotatable bonds is 5. The van der Waals surface area contributed by atoms with Gasteiger partial charge in [-0.25, -0.2) is 4.99 Å². The van der Waals surface area contributed by atoms with Crippen LogP contribution in [0.1, 0.15) is 54.9 Å². The summed E-state index contributed by atoms with van der Waals surface area (Å²) in [5.41, 5.74) is 5.42. The Labute approximate surface area is 163 Å². The van der Waals surface area contributed by atoms with Gasteiger partial charge in [0.1, 0.15) is 12.7 Å². The van der Waals surface area contributed by atoms with E-state index in [-0.39, 0.29) is 30.5 Å². The molecule has 1 aliphatic rings. The first-order valence-corrected chi connectivity index (χ1v) is 8.90. The number of carbonyl (C=O) groups is 2. The number of aliphatic hydroxyl groups excluding tert-OH is 1. The maximum atomic E-state index is 11.3. The Kier molecular flexibility index (Phi) is 19.0. The van der Waals surface area contributed by atoms with E-state index in [0.717, 1.165) is 0 Å². The molecule has 4 N–H and O–H groups in total. The summed E-state index contributed by atoms with van der Waals surface area (Å²) < 4.78 is 10.5. The molecule has 3 atom stereocenters. The van der Waals surface area contributed by atoms with Crippen molar-refractivity contribution in [3.05, 3.63) is 0 Å². The normalized spacial score (nSPS) is 21.0. The lowest BCUT2D eigenvalue weighted by molar-refractivity contribution is -0.151. The van der Waals surface area contributed by atoms with Crippen molar-refractivity contribution in [2.24, 2.45) is 22.6 Å². The van der Waals surface area contributed by atoms with Crippen LogP contribution in [0.3, 0.4) is 0 Å². The van der Waals surface area contributed by atoms with E-state index in [1.54, 1.807) is 34.6 Å². The van der Waals surface area contributed by atoms with Crippen LogP contribution in [0.15, 0.2) is 4.99 Å². The number of ether oxygens (including phenoxy) is 2. The predicted molar refractivity (Wildman–Crippen MR) is 106 cm³/mol. The van der Waals surface area contributed by atoms with E-state index in [1.807, 2.05) is 13.8 Å². The van der Waals surface area contributed by atoms with Gasteiger partial charge in [-0.15, -0.1) is 12.8 Å². The largest absolute Gasteiger partial charge is 0.481 e. The molecular formula is C19H36N2O6. The van der Waals surface area contributed by atoms with Gasteiger partial charge in [0.05, 0.1) is 23.8 Å². The molecule has 1 heterocycles. The number of aliphatic imine (C=N–C) groups is 1. The summed E-state index contributed by atoms with van der Waals surface area (Å²) in [5.74, 6) is -1.06. The van der Waals surface area contributed by atoms with E-state index in [9.17, 15) is 14.7 Å². The van der Waals surface area contributed by atoms with Crippen molar-refractivity contribution in [2.75, 3.05) is 6.61 Å². The van der Waals surface area contributed by atoms with Crippen LogP contribution in [0.25, 0.3) is 0 Å². The quantitative estimate of drug-likeness (QED) is 0.284. The molecule has 8 nitrogen and oxygen atoms in total. The van der Waals surface area contributed by atoms with Crippen LogP contribution in [0, 0.1) is 24.7 Å². The first-order chi connectivity index (χ1) is 12.5. The van der Waals surface area contributed by atoms with Gasteiger partial charge in [0.2, 0.25) is 0 Å². The van der Waals surface area contributed by atoms with Crippen LogP contribution in [0.5, 0.6) is 0 Å². The third-order valence-corrected chi connectivity index (χ3v) is 2.87. The van der Waals surface area contributed by atoms with Crippen LogP contribution in [0.4, 0.5) is 0 Å². The molecule has 1 saturated heterocycles. The predicted octanol–water partition coefficient (Wildman–Crippen LogP) is 2.04. The molecular weight excluding hydrogens is 352 g/mol. The van der Waals surface area contributed by atoms with E-state index < -0.39 is 18.3 Å². The van der Waals surface area contributed by atoms with E-state index in [1.165, 1.54) is 0 Å². The number of hydrogen-bond acceptors (Lipinski definition) is 6. The van der Waals surface area contributed by atoms with Crippen molar-refractivity contribution < 1.29 is 29.3 Å². The number of amidine groups is 1. The van der Waals surface area contributed by atoms with Gasteiger partial charge in [-0.05, 0) is 6.92 Å². The summed E-state index contributed by atoms with van der Waals surface area (Å²) in [5, 5.41) is 17.6. The zero-order valence-electron chi connectivity index (χ0n) is 17.5. The van der Waals surface area contributed by atoms with E-state index in [2.05, 4.69) is 17.8 Å². The Balaban J connectivity index is -0.000000484. The summed E-state index contributed by atoms with van der Waals surface area (Å²) in [7, 11) is 0. The molecule has 158 valence electrons. The van der Waals surface area contributed by atoms with Crippen LogP contribution in [-0.2, 0) is 19.1 Å². The van der Waals surface area contributed by atoms with Crippen molar-refractivity contribution >= 4 is 17.8 Å². The lowest BCUT2D eigenvalue weighted by Crippen LogP contribution is -2.23. The Hall–Kier alpha value is -2.11. The van der Waals surface area contributed by atoms with Gasteiger partial charge < -0.3 is 25.4 Å². The number of aliphatic carboxylic acids is 1. The molecule has 0 spiro atoms. The number of nitrogens with two attached hydrogens (primary N) is 1. The minimum absolute atomic E-state index is 0.143. The Morgan fingerprint density at radius 1 is 1.22 bits per heavy atom. The molecule has 0 aromatic rings. The molecule has 1 rings (SSSR count). The van der Waals surface area contributed by atoms with Gasteiger partial charge in [0.15, 0.2) is 6.23 Å². The highest BCUT2D eigenvalue weighted by Gasteiger charge is 2.34. The molecule has 0 amide bonds. The van der Waals surface area contributed by atoms with Crippen molar-refractivity contribution in [1.29, 1.82) is 0 Å². The second-order valence-corrected chi connectivity index (χ2v) is 6.00. The molecule has 3 unspecified atom stereocenters. The maximum Gasteiger partial charge on any atom is 0.308 e. The van der Waals surface area contributed by atoms with Crippen LogP contribution in [0.2, 0.25) is 0 Å². The third kappa shape index (κ3) is 15.8. The van der Waals surface area contributed by atoms with Gasteiger partial charge in [-0.3, -0.25) is 9.59 Å². The van der Waals surface area contributed by atoms with Gasteiger partial charge in [-0.1, -0.05) is 41.5 Å². The minimum Gasteiger partial charge on any atom is -0.481 e. The molecule has 0 aliphatic carbocycles. The van der Waals surface area contributed by atoms with Crippen LogP contribution >= 0.6 is 0 Å². The fourth-order valence-electron chi connectivity index (χ4n) is 1.50. The summed E-state index contributed by atoms with van der Waals surface area (Å²) in [6.07, 6.45) is 6.73. The van der Waals surface area contributed by atoms with Gasteiger partial charge in [-0.2, -0.15) is 0 Å². The average molecular weight is 389 g/mol. The Bertz CT molecular complexity index is 456. The first-order valence-electron chi connectivity index (χ1n) is 8.90. The number of terminal acetylenes is 1. The van der Waals surface area contributed by atoms with E-state index >= 15 is 0 Å². The lowest BCUT2D eigenvalue weighted by Gasteiger charge is -2.12. The molecule has 0 bridgehead atoms. The molecule has 0 radical (unpaired) electrons. The topological polar surface area (TPSA) is 131 Å². The highest BCUT2D eigenvalue weighted by Crippen LogP contribution is 2.22. The van der Waals surface area contributed by atoms with Crippen molar-refractivity contribution in [1.82, 2.24) is 0 Å². The highest BCUT2D eigenvalue weighted by atomic mass is 16.6. The minimum atomic E-state index is -0.741. The third-order valence-electron chi connectivity index (χ3n) is 2.87. The van der Waals surface area contributed by atoms with Crippen molar-refractivity contribution in [3.8, 4) is 12.8 Å². The fourth-order valence-corrected chi connectivity index (χ4v) is 1.50. The molecule has 1 aliphatic heterocycles. The monoisotopic (exact) mass is 388 g/mol. The van der Waals surface area contributed by atoms with E-state index in [0.29, 0.717) is 12.3 Å². The summed E-state index contributed by atoms with van der Waals surface area (Å²) >= 11 is 0. The first kappa shape index (κ1) is 29.6. The Morgan fingerprint density at radius 3 is 2.00 bits per heavy atom.